The van der Waals surface area contributed by atoms with Crippen molar-refractivity contribution in [1.29, 1.82) is 0 Å². The summed E-state index contributed by atoms with van der Waals surface area (Å²) in [5, 5.41) is 12.9. The van der Waals surface area contributed by atoms with Crippen molar-refractivity contribution in [2.45, 2.75) is 60.0 Å². The van der Waals surface area contributed by atoms with Gasteiger partial charge >= 0.3 is 0 Å². The molecule has 6 heteroatoms. The highest BCUT2D eigenvalue weighted by molar-refractivity contribution is 8.03. The van der Waals surface area contributed by atoms with E-state index in [2.05, 4.69) is 42.5 Å². The van der Waals surface area contributed by atoms with Crippen molar-refractivity contribution in [3.05, 3.63) is 0 Å². The highest BCUT2D eigenvalue weighted by Gasteiger charge is 2.42. The summed E-state index contributed by atoms with van der Waals surface area (Å²) in [6.45, 7) is 8.10. The molecule has 0 spiro atoms. The second-order valence-electron chi connectivity index (χ2n) is 5.65. The molecule has 0 aromatic carbocycles. The Bertz CT molecular complexity index is 406. The molecular weight excluding hydrogens is 294 g/mol. The van der Waals surface area contributed by atoms with Crippen molar-refractivity contribution < 1.29 is 0 Å². The number of hydrogen-bond donors (Lipinski definition) is 1. The van der Waals surface area contributed by atoms with Crippen molar-refractivity contribution >= 4 is 34.9 Å². The summed E-state index contributed by atoms with van der Waals surface area (Å²) in [5.41, 5.74) is 0.389. The van der Waals surface area contributed by atoms with Crippen LogP contribution in [0.15, 0.2) is 8.68 Å². The smallest absolute Gasteiger partial charge is 0.175 e. The van der Waals surface area contributed by atoms with Crippen LogP contribution in [0.25, 0.3) is 0 Å². The Balaban J connectivity index is 2.01. The van der Waals surface area contributed by atoms with E-state index in [1.165, 1.54) is 19.3 Å². The minimum atomic E-state index is 0.389. The molecule has 1 aliphatic carbocycles. The van der Waals surface area contributed by atoms with Gasteiger partial charge in [0.15, 0.2) is 8.68 Å². The number of hydrogen-bond acceptors (Lipinski definition) is 6. The zero-order chi connectivity index (χ0) is 13.9. The molecule has 2 unspecified atom stereocenters. The van der Waals surface area contributed by atoms with Crippen LogP contribution in [0.1, 0.15) is 40.0 Å². The lowest BCUT2D eigenvalue weighted by molar-refractivity contribution is 0.287. The van der Waals surface area contributed by atoms with Crippen molar-refractivity contribution in [3.63, 3.8) is 0 Å². The van der Waals surface area contributed by atoms with Crippen molar-refractivity contribution in [1.82, 2.24) is 15.5 Å². The van der Waals surface area contributed by atoms with E-state index in [9.17, 15) is 0 Å². The standard InChI is InChI=1S/C13H23N3S3/c1-5-8-14-10-9(6-7-13(10,2)3)18-12-16-15-11(17-4)19-12/h9-10,14H,5-8H2,1-4H3. The molecule has 1 heterocycles. The van der Waals surface area contributed by atoms with Gasteiger partial charge in [-0.05, 0) is 37.5 Å². The van der Waals surface area contributed by atoms with Crippen molar-refractivity contribution in [3.8, 4) is 0 Å². The molecule has 1 aromatic rings. The molecule has 0 radical (unpaired) electrons. The number of rotatable bonds is 6. The summed E-state index contributed by atoms with van der Waals surface area (Å²) in [4.78, 5) is 0. The molecule has 0 saturated heterocycles. The maximum Gasteiger partial charge on any atom is 0.175 e. The first-order valence-corrected chi connectivity index (χ1v) is 9.76. The van der Waals surface area contributed by atoms with Gasteiger partial charge in [0.1, 0.15) is 0 Å². The van der Waals surface area contributed by atoms with E-state index >= 15 is 0 Å². The molecule has 1 saturated carbocycles. The van der Waals surface area contributed by atoms with E-state index in [1.54, 1.807) is 23.1 Å². The van der Waals surface area contributed by atoms with E-state index in [0.29, 0.717) is 16.7 Å². The molecule has 2 atom stereocenters. The Morgan fingerprint density at radius 3 is 2.74 bits per heavy atom. The third kappa shape index (κ3) is 3.86. The third-order valence-corrected chi connectivity index (χ3v) is 7.04. The summed E-state index contributed by atoms with van der Waals surface area (Å²) in [7, 11) is 0. The number of aromatic nitrogens is 2. The zero-order valence-corrected chi connectivity index (χ0v) is 14.6. The molecule has 3 nitrogen and oxygen atoms in total. The predicted molar refractivity (Wildman–Crippen MR) is 86.4 cm³/mol. The molecule has 1 aromatic heterocycles. The minimum absolute atomic E-state index is 0.389. The Labute approximate surface area is 128 Å². The van der Waals surface area contributed by atoms with Crippen molar-refractivity contribution in [2.75, 3.05) is 12.8 Å². The fourth-order valence-corrected chi connectivity index (χ4v) is 5.78. The fourth-order valence-electron chi connectivity index (χ4n) is 2.63. The maximum absolute atomic E-state index is 4.30. The van der Waals surface area contributed by atoms with E-state index in [4.69, 9.17) is 0 Å². The van der Waals surface area contributed by atoms with Gasteiger partial charge in [-0.15, -0.1) is 10.2 Å². The van der Waals surface area contributed by atoms with Gasteiger partial charge < -0.3 is 5.32 Å². The highest BCUT2D eigenvalue weighted by Crippen LogP contribution is 2.45. The van der Waals surface area contributed by atoms with Crippen LogP contribution in [0, 0.1) is 5.41 Å². The second-order valence-corrected chi connectivity index (χ2v) is 9.17. The molecular formula is C13H23N3S3. The van der Waals surface area contributed by atoms with E-state index in [0.717, 1.165) is 15.2 Å². The Hall–Kier alpha value is 0.220. The SMILES string of the molecule is CCCNC1C(Sc2nnc(SC)s2)CCC1(C)C. The van der Waals surface area contributed by atoms with Gasteiger partial charge in [-0.3, -0.25) is 0 Å². The summed E-state index contributed by atoms with van der Waals surface area (Å²) >= 11 is 5.32. The molecule has 1 aliphatic rings. The van der Waals surface area contributed by atoms with Crippen LogP contribution in [-0.2, 0) is 0 Å². The van der Waals surface area contributed by atoms with Crippen LogP contribution in [0.3, 0.4) is 0 Å². The van der Waals surface area contributed by atoms with Gasteiger partial charge in [0, 0.05) is 11.3 Å². The summed E-state index contributed by atoms with van der Waals surface area (Å²) in [6, 6.07) is 0.582. The van der Waals surface area contributed by atoms with Crippen LogP contribution in [0.4, 0.5) is 0 Å². The number of nitrogens with zero attached hydrogens (tertiary/aromatic N) is 2. The predicted octanol–water partition coefficient (Wildman–Crippen LogP) is 3.91. The Morgan fingerprint density at radius 1 is 1.37 bits per heavy atom. The fraction of sp³-hybridized carbons (Fsp3) is 0.846. The first-order chi connectivity index (χ1) is 9.06. The van der Waals surface area contributed by atoms with Gasteiger partial charge in [0.2, 0.25) is 0 Å². The summed E-state index contributed by atoms with van der Waals surface area (Å²) in [6.07, 6.45) is 5.81. The molecule has 2 rings (SSSR count). The van der Waals surface area contributed by atoms with Gasteiger partial charge in [-0.25, -0.2) is 0 Å². The third-order valence-electron chi connectivity index (χ3n) is 3.72. The van der Waals surface area contributed by atoms with Crippen LogP contribution in [-0.4, -0.2) is 34.3 Å². The first kappa shape index (κ1) is 15.6. The van der Waals surface area contributed by atoms with Gasteiger partial charge in [0.05, 0.1) is 0 Å². The topological polar surface area (TPSA) is 37.8 Å². The number of nitrogens with one attached hydrogen (secondary N) is 1. The van der Waals surface area contributed by atoms with Crippen LogP contribution < -0.4 is 5.32 Å². The lowest BCUT2D eigenvalue weighted by Crippen LogP contribution is -2.43. The molecule has 108 valence electrons. The largest absolute Gasteiger partial charge is 0.312 e. The lowest BCUT2D eigenvalue weighted by atomic mass is 9.87. The molecule has 0 amide bonds. The lowest BCUT2D eigenvalue weighted by Gasteiger charge is -2.31. The van der Waals surface area contributed by atoms with Gasteiger partial charge in [0.25, 0.3) is 0 Å². The van der Waals surface area contributed by atoms with Crippen LogP contribution >= 0.6 is 34.9 Å². The summed E-state index contributed by atoms with van der Waals surface area (Å²) < 4.78 is 2.19. The van der Waals surface area contributed by atoms with Crippen LogP contribution in [0.2, 0.25) is 0 Å². The van der Waals surface area contributed by atoms with Gasteiger partial charge in [-0.2, -0.15) is 0 Å². The van der Waals surface area contributed by atoms with E-state index < -0.39 is 0 Å². The quantitative estimate of drug-likeness (QED) is 0.805. The molecule has 1 N–H and O–H groups in total. The van der Waals surface area contributed by atoms with Crippen LogP contribution in [0.5, 0.6) is 0 Å². The average molecular weight is 318 g/mol. The Morgan fingerprint density at radius 2 is 2.11 bits per heavy atom. The monoisotopic (exact) mass is 317 g/mol. The van der Waals surface area contributed by atoms with E-state index in [1.807, 2.05) is 11.8 Å². The molecule has 19 heavy (non-hydrogen) atoms. The zero-order valence-electron chi connectivity index (χ0n) is 12.1. The maximum atomic E-state index is 4.30. The second kappa shape index (κ2) is 6.78. The molecule has 0 aliphatic heterocycles. The first-order valence-electron chi connectivity index (χ1n) is 6.84. The molecule has 1 fully saturated rings. The number of thioether (sulfide) groups is 2. The average Bonchev–Trinajstić information content (AvgIpc) is 2.93. The normalized spacial score (nSPS) is 25.9. The minimum Gasteiger partial charge on any atom is -0.312 e. The Kier molecular flexibility index (Phi) is 5.57. The molecule has 0 bridgehead atoms. The summed E-state index contributed by atoms with van der Waals surface area (Å²) in [5.74, 6) is 0. The van der Waals surface area contributed by atoms with E-state index in [-0.39, 0.29) is 0 Å². The van der Waals surface area contributed by atoms with Gasteiger partial charge in [-0.1, -0.05) is 55.6 Å². The highest BCUT2D eigenvalue weighted by atomic mass is 32.2. The van der Waals surface area contributed by atoms with Crippen molar-refractivity contribution in [2.24, 2.45) is 5.41 Å².